The molecule has 2 aromatic rings. The van der Waals surface area contributed by atoms with Crippen LogP contribution < -0.4 is 0 Å². The van der Waals surface area contributed by atoms with Gasteiger partial charge in [-0.25, -0.2) is 15.0 Å². The standard InChI is InChI=1S/C22H24N6/c1-4-6-9-17(23-13-5-2)20-26-21(18-10-7-8-14-24-18)28-22(27-20)19-12-11-16(3)15-25-19/h4-8,10-14,16H,9,15H2,1-3H3/b6-4-,13-5-,23-17?. The Morgan fingerprint density at radius 3 is 2.68 bits per heavy atom. The third-order valence-electron chi connectivity index (χ3n) is 4.08. The maximum absolute atomic E-state index is 4.68. The lowest BCUT2D eigenvalue weighted by Gasteiger charge is -2.12. The molecule has 28 heavy (non-hydrogen) atoms. The predicted octanol–water partition coefficient (Wildman–Crippen LogP) is 4.22. The lowest BCUT2D eigenvalue weighted by atomic mass is 10.1. The predicted molar refractivity (Wildman–Crippen MR) is 114 cm³/mol. The molecule has 0 amide bonds. The molecule has 1 aliphatic heterocycles. The first kappa shape index (κ1) is 19.5. The van der Waals surface area contributed by atoms with Crippen LogP contribution in [-0.4, -0.2) is 37.9 Å². The Balaban J connectivity index is 2.13. The first-order valence-corrected chi connectivity index (χ1v) is 9.41. The summed E-state index contributed by atoms with van der Waals surface area (Å²) in [5.41, 5.74) is 2.22. The van der Waals surface area contributed by atoms with Crippen LogP contribution in [0.1, 0.15) is 38.8 Å². The van der Waals surface area contributed by atoms with Gasteiger partial charge in [0.1, 0.15) is 11.4 Å². The van der Waals surface area contributed by atoms with E-state index in [2.05, 4.69) is 42.9 Å². The van der Waals surface area contributed by atoms with Gasteiger partial charge in [0.15, 0.2) is 17.5 Å². The zero-order chi connectivity index (χ0) is 19.8. The van der Waals surface area contributed by atoms with Crippen LogP contribution >= 0.6 is 0 Å². The molecule has 0 N–H and O–H groups in total. The maximum Gasteiger partial charge on any atom is 0.182 e. The lowest BCUT2D eigenvalue weighted by molar-refractivity contribution is 0.733. The second kappa shape index (κ2) is 9.60. The fourth-order valence-electron chi connectivity index (χ4n) is 2.58. The summed E-state index contributed by atoms with van der Waals surface area (Å²) in [6.07, 6.45) is 14.1. The number of dihydropyridines is 1. The molecule has 3 rings (SSSR count). The Bertz CT molecular complexity index is 954. The van der Waals surface area contributed by atoms with Crippen LogP contribution in [0.15, 0.2) is 71.0 Å². The van der Waals surface area contributed by atoms with Gasteiger partial charge < -0.3 is 0 Å². The van der Waals surface area contributed by atoms with E-state index >= 15 is 0 Å². The first-order chi connectivity index (χ1) is 13.7. The topological polar surface area (TPSA) is 76.3 Å². The van der Waals surface area contributed by atoms with Gasteiger partial charge in [-0.05, 0) is 38.0 Å². The maximum atomic E-state index is 4.68. The Morgan fingerprint density at radius 2 is 2.00 bits per heavy atom. The molecule has 0 aliphatic carbocycles. The monoisotopic (exact) mass is 372 g/mol. The van der Waals surface area contributed by atoms with Gasteiger partial charge in [0.25, 0.3) is 0 Å². The number of allylic oxidation sites excluding steroid dienone is 4. The minimum atomic E-state index is 0.418. The highest BCUT2D eigenvalue weighted by Crippen LogP contribution is 2.15. The molecule has 1 aliphatic rings. The molecule has 6 heteroatoms. The molecule has 1 atom stereocenters. The summed E-state index contributed by atoms with van der Waals surface area (Å²) in [6, 6.07) is 5.67. The van der Waals surface area contributed by atoms with E-state index in [0.29, 0.717) is 35.5 Å². The molecular weight excluding hydrogens is 348 g/mol. The quantitative estimate of drug-likeness (QED) is 0.562. The molecule has 142 valence electrons. The number of aliphatic imine (C=N–C) groups is 2. The number of rotatable bonds is 6. The smallest absolute Gasteiger partial charge is 0.182 e. The molecule has 0 saturated heterocycles. The molecule has 0 spiro atoms. The Morgan fingerprint density at radius 1 is 1.14 bits per heavy atom. The van der Waals surface area contributed by atoms with Crippen molar-refractivity contribution in [3.63, 3.8) is 0 Å². The summed E-state index contributed by atoms with van der Waals surface area (Å²) >= 11 is 0. The van der Waals surface area contributed by atoms with Crippen molar-refractivity contribution in [1.29, 1.82) is 0 Å². The minimum Gasteiger partial charge on any atom is -0.281 e. The van der Waals surface area contributed by atoms with Crippen LogP contribution in [0, 0.1) is 5.92 Å². The summed E-state index contributed by atoms with van der Waals surface area (Å²) in [4.78, 5) is 27.5. The lowest BCUT2D eigenvalue weighted by Crippen LogP contribution is -2.17. The summed E-state index contributed by atoms with van der Waals surface area (Å²) in [7, 11) is 0. The number of nitrogens with zero attached hydrogens (tertiary/aromatic N) is 6. The highest BCUT2D eigenvalue weighted by atomic mass is 15.1. The Labute approximate surface area is 165 Å². The molecule has 0 bridgehead atoms. The van der Waals surface area contributed by atoms with E-state index in [1.165, 1.54) is 0 Å². The average Bonchev–Trinajstić information content (AvgIpc) is 2.74. The van der Waals surface area contributed by atoms with Gasteiger partial charge in [-0.2, -0.15) is 0 Å². The Kier molecular flexibility index (Phi) is 6.68. The van der Waals surface area contributed by atoms with Gasteiger partial charge in [0.2, 0.25) is 0 Å². The molecule has 1 unspecified atom stereocenters. The molecule has 2 aromatic heterocycles. The van der Waals surface area contributed by atoms with Crippen LogP contribution in [0.25, 0.3) is 11.5 Å². The Hall–Kier alpha value is -3.28. The minimum absolute atomic E-state index is 0.418. The number of hydrogen-bond acceptors (Lipinski definition) is 6. The third-order valence-corrected chi connectivity index (χ3v) is 4.08. The van der Waals surface area contributed by atoms with E-state index in [-0.39, 0.29) is 0 Å². The van der Waals surface area contributed by atoms with Gasteiger partial charge in [0.05, 0.1) is 5.71 Å². The van der Waals surface area contributed by atoms with Crippen molar-refractivity contribution in [2.45, 2.75) is 27.2 Å². The number of aromatic nitrogens is 4. The fraction of sp³-hybridized carbons (Fsp3) is 0.273. The van der Waals surface area contributed by atoms with Crippen molar-refractivity contribution in [3.05, 3.63) is 72.6 Å². The molecule has 0 fully saturated rings. The number of pyridine rings is 1. The highest BCUT2D eigenvalue weighted by molar-refractivity contribution is 6.07. The molecule has 0 aromatic carbocycles. The van der Waals surface area contributed by atoms with Crippen LogP contribution in [-0.2, 0) is 0 Å². The normalized spacial score (nSPS) is 17.5. The largest absolute Gasteiger partial charge is 0.281 e. The molecule has 6 nitrogen and oxygen atoms in total. The van der Waals surface area contributed by atoms with E-state index in [1.807, 2.05) is 56.4 Å². The van der Waals surface area contributed by atoms with Crippen molar-refractivity contribution in [2.24, 2.45) is 15.9 Å². The molecule has 0 saturated carbocycles. The van der Waals surface area contributed by atoms with Crippen LogP contribution in [0.5, 0.6) is 0 Å². The molecular formula is C22H24N6. The van der Waals surface area contributed by atoms with E-state index < -0.39 is 0 Å². The molecule has 0 radical (unpaired) electrons. The van der Waals surface area contributed by atoms with Crippen molar-refractivity contribution in [2.75, 3.05) is 6.54 Å². The SMILES string of the molecule is C/C=C\CC(=N/C=C\C)c1nc(C2=NCC(C)C=C2)nc(-c2ccccn2)n1. The van der Waals surface area contributed by atoms with Gasteiger partial charge in [-0.3, -0.25) is 15.0 Å². The van der Waals surface area contributed by atoms with Gasteiger partial charge in [-0.1, -0.05) is 37.3 Å². The fourth-order valence-corrected chi connectivity index (χ4v) is 2.58. The first-order valence-electron chi connectivity index (χ1n) is 9.41. The second-order valence-electron chi connectivity index (χ2n) is 6.41. The van der Waals surface area contributed by atoms with Gasteiger partial charge in [-0.15, -0.1) is 0 Å². The van der Waals surface area contributed by atoms with Crippen molar-refractivity contribution in [3.8, 4) is 11.5 Å². The van der Waals surface area contributed by atoms with E-state index in [0.717, 1.165) is 18.0 Å². The zero-order valence-electron chi connectivity index (χ0n) is 16.4. The molecule has 3 heterocycles. The second-order valence-corrected chi connectivity index (χ2v) is 6.41. The van der Waals surface area contributed by atoms with E-state index in [1.54, 1.807) is 12.4 Å². The summed E-state index contributed by atoms with van der Waals surface area (Å²) in [5, 5.41) is 0. The van der Waals surface area contributed by atoms with E-state index in [4.69, 9.17) is 0 Å². The van der Waals surface area contributed by atoms with Crippen molar-refractivity contribution >= 4 is 11.4 Å². The van der Waals surface area contributed by atoms with Crippen molar-refractivity contribution in [1.82, 2.24) is 19.9 Å². The van der Waals surface area contributed by atoms with Gasteiger partial charge in [0, 0.05) is 25.4 Å². The van der Waals surface area contributed by atoms with Crippen LogP contribution in [0.4, 0.5) is 0 Å². The third kappa shape index (κ3) is 4.91. The van der Waals surface area contributed by atoms with Crippen LogP contribution in [0.3, 0.4) is 0 Å². The number of hydrogen-bond donors (Lipinski definition) is 0. The summed E-state index contributed by atoms with van der Waals surface area (Å²) in [5.74, 6) is 2.02. The van der Waals surface area contributed by atoms with E-state index in [9.17, 15) is 0 Å². The van der Waals surface area contributed by atoms with Crippen molar-refractivity contribution < 1.29 is 0 Å². The van der Waals surface area contributed by atoms with Crippen LogP contribution in [0.2, 0.25) is 0 Å². The highest BCUT2D eigenvalue weighted by Gasteiger charge is 2.17. The zero-order valence-corrected chi connectivity index (χ0v) is 16.4. The summed E-state index contributed by atoms with van der Waals surface area (Å²) < 4.78 is 0. The van der Waals surface area contributed by atoms with Gasteiger partial charge >= 0.3 is 0 Å². The average molecular weight is 372 g/mol. The summed E-state index contributed by atoms with van der Waals surface area (Å²) in [6.45, 7) is 6.77.